The average Bonchev–Trinajstić information content (AvgIpc) is 2.39. The molecule has 1 atom stereocenters. The molecule has 0 bridgehead atoms. The Bertz CT molecular complexity index is 412. The van der Waals surface area contributed by atoms with Crippen LogP contribution in [-0.4, -0.2) is 46.3 Å². The standard InChI is InChI=1S/C14H20BrNO3/c1-11(10-19-3)16(6-7-18-2)13-5-4-12(9-17)14(15)8-13/h4-5,8-9,11H,6-7,10H2,1-3H3. The zero-order valence-electron chi connectivity index (χ0n) is 11.6. The second-order valence-electron chi connectivity index (χ2n) is 4.31. The van der Waals surface area contributed by atoms with E-state index < -0.39 is 0 Å². The van der Waals surface area contributed by atoms with E-state index in [-0.39, 0.29) is 6.04 Å². The van der Waals surface area contributed by atoms with Gasteiger partial charge in [0, 0.05) is 42.5 Å². The number of carbonyl (C=O) groups excluding carboxylic acids is 1. The Morgan fingerprint density at radius 3 is 2.63 bits per heavy atom. The summed E-state index contributed by atoms with van der Waals surface area (Å²) in [5.41, 5.74) is 1.69. The van der Waals surface area contributed by atoms with Gasteiger partial charge in [0.2, 0.25) is 0 Å². The summed E-state index contributed by atoms with van der Waals surface area (Å²) in [6, 6.07) is 5.93. The quantitative estimate of drug-likeness (QED) is 0.687. The Kier molecular flexibility index (Phi) is 7.05. The van der Waals surface area contributed by atoms with Gasteiger partial charge in [-0.1, -0.05) is 0 Å². The van der Waals surface area contributed by atoms with Gasteiger partial charge in [0.25, 0.3) is 0 Å². The SMILES string of the molecule is COCCN(c1ccc(C=O)c(Br)c1)C(C)COC. The van der Waals surface area contributed by atoms with Crippen molar-refractivity contribution in [2.24, 2.45) is 0 Å². The van der Waals surface area contributed by atoms with E-state index in [1.165, 1.54) is 0 Å². The first-order chi connectivity index (χ1) is 9.13. The van der Waals surface area contributed by atoms with Gasteiger partial charge in [-0.3, -0.25) is 4.79 Å². The zero-order chi connectivity index (χ0) is 14.3. The van der Waals surface area contributed by atoms with E-state index in [2.05, 4.69) is 27.8 Å². The Balaban J connectivity index is 2.95. The molecule has 1 aromatic carbocycles. The minimum atomic E-state index is 0.231. The van der Waals surface area contributed by atoms with Gasteiger partial charge in [0.1, 0.15) is 0 Å². The molecule has 0 heterocycles. The van der Waals surface area contributed by atoms with Crippen LogP contribution in [0.1, 0.15) is 17.3 Å². The van der Waals surface area contributed by atoms with Crippen LogP contribution in [-0.2, 0) is 9.47 Å². The number of methoxy groups -OCH3 is 2. The molecule has 106 valence electrons. The number of ether oxygens (including phenoxy) is 2. The number of benzene rings is 1. The van der Waals surface area contributed by atoms with Crippen LogP contribution in [0.2, 0.25) is 0 Å². The van der Waals surface area contributed by atoms with Crippen LogP contribution in [0.25, 0.3) is 0 Å². The second kappa shape index (κ2) is 8.30. The largest absolute Gasteiger partial charge is 0.383 e. The third kappa shape index (κ3) is 4.60. The van der Waals surface area contributed by atoms with Gasteiger partial charge in [-0.05, 0) is 41.1 Å². The molecule has 4 nitrogen and oxygen atoms in total. The van der Waals surface area contributed by atoms with Crippen LogP contribution in [0.3, 0.4) is 0 Å². The number of carbonyl (C=O) groups is 1. The van der Waals surface area contributed by atoms with Gasteiger partial charge in [-0.25, -0.2) is 0 Å². The van der Waals surface area contributed by atoms with Crippen molar-refractivity contribution in [1.82, 2.24) is 0 Å². The molecular weight excluding hydrogens is 310 g/mol. The Hall–Kier alpha value is -0.910. The van der Waals surface area contributed by atoms with Crippen molar-refractivity contribution in [1.29, 1.82) is 0 Å². The number of nitrogens with zero attached hydrogens (tertiary/aromatic N) is 1. The van der Waals surface area contributed by atoms with Gasteiger partial charge in [-0.2, -0.15) is 0 Å². The molecule has 0 aliphatic rings. The monoisotopic (exact) mass is 329 g/mol. The lowest BCUT2D eigenvalue weighted by Gasteiger charge is -2.31. The predicted octanol–water partition coefficient (Wildman–Crippen LogP) is 2.75. The summed E-state index contributed by atoms with van der Waals surface area (Å²) in [5.74, 6) is 0. The maximum atomic E-state index is 10.8. The summed E-state index contributed by atoms with van der Waals surface area (Å²) in [4.78, 5) is 13.0. The van der Waals surface area contributed by atoms with Crippen molar-refractivity contribution >= 4 is 27.9 Å². The first kappa shape index (κ1) is 16.1. The van der Waals surface area contributed by atoms with Crippen LogP contribution < -0.4 is 4.90 Å². The lowest BCUT2D eigenvalue weighted by atomic mass is 10.2. The van der Waals surface area contributed by atoms with Crippen molar-refractivity contribution in [3.63, 3.8) is 0 Å². The molecule has 0 N–H and O–H groups in total. The molecule has 0 fully saturated rings. The molecule has 0 aromatic heterocycles. The van der Waals surface area contributed by atoms with Crippen molar-refractivity contribution < 1.29 is 14.3 Å². The second-order valence-corrected chi connectivity index (χ2v) is 5.17. The first-order valence-corrected chi connectivity index (χ1v) is 6.92. The van der Waals surface area contributed by atoms with Gasteiger partial charge in [0.15, 0.2) is 6.29 Å². The highest BCUT2D eigenvalue weighted by Gasteiger charge is 2.15. The van der Waals surface area contributed by atoms with Crippen LogP contribution in [0.15, 0.2) is 22.7 Å². The Morgan fingerprint density at radius 1 is 1.37 bits per heavy atom. The number of hydrogen-bond donors (Lipinski definition) is 0. The van der Waals surface area contributed by atoms with Gasteiger partial charge in [-0.15, -0.1) is 0 Å². The zero-order valence-corrected chi connectivity index (χ0v) is 13.1. The molecule has 0 aliphatic heterocycles. The van der Waals surface area contributed by atoms with E-state index in [1.54, 1.807) is 14.2 Å². The fraction of sp³-hybridized carbons (Fsp3) is 0.500. The molecule has 0 amide bonds. The predicted molar refractivity (Wildman–Crippen MR) is 80.1 cm³/mol. The summed E-state index contributed by atoms with van der Waals surface area (Å²) in [6.45, 7) is 4.15. The van der Waals surface area contributed by atoms with Crippen LogP contribution in [0.5, 0.6) is 0 Å². The van der Waals surface area contributed by atoms with Crippen molar-refractivity contribution in [3.05, 3.63) is 28.2 Å². The number of aldehydes is 1. The lowest BCUT2D eigenvalue weighted by Crippen LogP contribution is -2.38. The maximum absolute atomic E-state index is 10.8. The van der Waals surface area contributed by atoms with Gasteiger partial charge < -0.3 is 14.4 Å². The third-order valence-electron chi connectivity index (χ3n) is 2.92. The highest BCUT2D eigenvalue weighted by atomic mass is 79.9. The van der Waals surface area contributed by atoms with E-state index in [4.69, 9.17) is 9.47 Å². The molecule has 19 heavy (non-hydrogen) atoms. The molecule has 0 radical (unpaired) electrons. The average molecular weight is 330 g/mol. The van der Waals surface area contributed by atoms with E-state index >= 15 is 0 Å². The molecule has 1 rings (SSSR count). The Labute approximate surface area is 122 Å². The highest BCUT2D eigenvalue weighted by molar-refractivity contribution is 9.10. The van der Waals surface area contributed by atoms with Crippen LogP contribution >= 0.6 is 15.9 Å². The van der Waals surface area contributed by atoms with Crippen LogP contribution in [0.4, 0.5) is 5.69 Å². The smallest absolute Gasteiger partial charge is 0.151 e. The summed E-state index contributed by atoms with van der Waals surface area (Å²) in [7, 11) is 3.38. The molecule has 1 aromatic rings. The molecule has 0 saturated carbocycles. The van der Waals surface area contributed by atoms with Gasteiger partial charge in [0.05, 0.1) is 13.2 Å². The normalized spacial score (nSPS) is 12.2. The minimum Gasteiger partial charge on any atom is -0.383 e. The topological polar surface area (TPSA) is 38.8 Å². The van der Waals surface area contributed by atoms with E-state index in [1.807, 2.05) is 18.2 Å². The number of halogens is 1. The van der Waals surface area contributed by atoms with E-state index in [0.717, 1.165) is 23.0 Å². The van der Waals surface area contributed by atoms with E-state index in [9.17, 15) is 4.79 Å². The molecule has 0 spiro atoms. The first-order valence-electron chi connectivity index (χ1n) is 6.13. The summed E-state index contributed by atoms with van der Waals surface area (Å²) in [6.07, 6.45) is 0.839. The summed E-state index contributed by atoms with van der Waals surface area (Å²) in [5, 5.41) is 0. The van der Waals surface area contributed by atoms with Crippen molar-refractivity contribution in [2.75, 3.05) is 38.9 Å². The fourth-order valence-electron chi connectivity index (χ4n) is 1.92. The Morgan fingerprint density at radius 2 is 2.11 bits per heavy atom. The molecule has 0 saturated heterocycles. The molecule has 1 unspecified atom stereocenters. The number of hydrogen-bond acceptors (Lipinski definition) is 4. The minimum absolute atomic E-state index is 0.231. The maximum Gasteiger partial charge on any atom is 0.151 e. The van der Waals surface area contributed by atoms with Gasteiger partial charge >= 0.3 is 0 Å². The lowest BCUT2D eigenvalue weighted by molar-refractivity contribution is 0.112. The number of rotatable bonds is 8. The molecular formula is C14H20BrNO3. The summed E-state index contributed by atoms with van der Waals surface area (Å²) >= 11 is 3.41. The molecule has 0 aliphatic carbocycles. The van der Waals surface area contributed by atoms with Crippen LogP contribution in [0, 0.1) is 0 Å². The molecule has 5 heteroatoms. The third-order valence-corrected chi connectivity index (χ3v) is 3.61. The van der Waals surface area contributed by atoms with Crippen molar-refractivity contribution in [2.45, 2.75) is 13.0 Å². The fourth-order valence-corrected chi connectivity index (χ4v) is 2.38. The number of anilines is 1. The summed E-state index contributed by atoms with van der Waals surface area (Å²) < 4.78 is 11.2. The highest BCUT2D eigenvalue weighted by Crippen LogP contribution is 2.24. The van der Waals surface area contributed by atoms with Crippen molar-refractivity contribution in [3.8, 4) is 0 Å². The van der Waals surface area contributed by atoms with E-state index in [0.29, 0.717) is 18.8 Å².